The third-order valence-corrected chi connectivity index (χ3v) is 3.01. The van der Waals surface area contributed by atoms with Gasteiger partial charge in [0.05, 0.1) is 6.54 Å². The smallest absolute Gasteiger partial charge is 0.223 e. The molecular weight excluding hydrogens is 230 g/mol. The molecule has 0 saturated heterocycles. The molecule has 1 aromatic rings. The van der Waals surface area contributed by atoms with Crippen molar-refractivity contribution >= 4 is 5.91 Å². The Balaban J connectivity index is 2.56. The molecule has 18 heavy (non-hydrogen) atoms. The van der Waals surface area contributed by atoms with Crippen LogP contribution in [0.15, 0.2) is 16.5 Å². The number of rotatable bonds is 6. The van der Waals surface area contributed by atoms with Crippen molar-refractivity contribution in [3.63, 3.8) is 0 Å². The minimum absolute atomic E-state index is 0.0327. The van der Waals surface area contributed by atoms with Crippen molar-refractivity contribution in [2.24, 2.45) is 5.73 Å². The highest BCUT2D eigenvalue weighted by atomic mass is 16.3. The fourth-order valence-electron chi connectivity index (χ4n) is 1.75. The van der Waals surface area contributed by atoms with Crippen LogP contribution in [0.5, 0.6) is 0 Å². The average Bonchev–Trinajstić information content (AvgIpc) is 2.70. The molecular formula is C13H23N3O2. The SMILES string of the molecule is Cc1ccc(CN(C)C(CN)CC(=O)N(C)C)o1. The number of furan rings is 1. The van der Waals surface area contributed by atoms with Gasteiger partial charge in [-0.3, -0.25) is 9.69 Å². The Labute approximate surface area is 109 Å². The van der Waals surface area contributed by atoms with Gasteiger partial charge in [-0.15, -0.1) is 0 Å². The molecule has 0 saturated carbocycles. The molecule has 1 rings (SSSR count). The largest absolute Gasteiger partial charge is 0.465 e. The highest BCUT2D eigenvalue weighted by Gasteiger charge is 2.19. The first-order valence-corrected chi connectivity index (χ1v) is 6.09. The van der Waals surface area contributed by atoms with Gasteiger partial charge in [-0.25, -0.2) is 0 Å². The number of nitrogens with zero attached hydrogens (tertiary/aromatic N) is 2. The Morgan fingerprint density at radius 3 is 2.50 bits per heavy atom. The van der Waals surface area contributed by atoms with E-state index < -0.39 is 0 Å². The minimum Gasteiger partial charge on any atom is -0.465 e. The third-order valence-electron chi connectivity index (χ3n) is 3.01. The molecule has 0 aliphatic heterocycles. The van der Waals surface area contributed by atoms with Gasteiger partial charge in [0, 0.05) is 33.1 Å². The lowest BCUT2D eigenvalue weighted by atomic mass is 10.1. The Morgan fingerprint density at radius 1 is 1.39 bits per heavy atom. The number of likely N-dealkylation sites (N-methyl/N-ethyl adjacent to an activating group) is 1. The molecule has 0 aromatic carbocycles. The van der Waals surface area contributed by atoms with Gasteiger partial charge in [0.15, 0.2) is 0 Å². The van der Waals surface area contributed by atoms with Crippen LogP contribution in [0.3, 0.4) is 0 Å². The molecule has 0 aliphatic rings. The van der Waals surface area contributed by atoms with E-state index in [2.05, 4.69) is 4.90 Å². The molecule has 1 unspecified atom stereocenters. The summed E-state index contributed by atoms with van der Waals surface area (Å²) in [5.41, 5.74) is 5.74. The van der Waals surface area contributed by atoms with E-state index in [1.807, 2.05) is 26.1 Å². The first-order chi connectivity index (χ1) is 8.43. The first-order valence-electron chi connectivity index (χ1n) is 6.09. The van der Waals surface area contributed by atoms with Crippen LogP contribution in [0.4, 0.5) is 0 Å². The normalized spacial score (nSPS) is 12.8. The summed E-state index contributed by atoms with van der Waals surface area (Å²) >= 11 is 0. The van der Waals surface area contributed by atoms with E-state index in [4.69, 9.17) is 10.2 Å². The number of carbonyl (C=O) groups is 1. The summed E-state index contributed by atoms with van der Waals surface area (Å²) in [6.07, 6.45) is 0.430. The zero-order valence-corrected chi connectivity index (χ0v) is 11.6. The van der Waals surface area contributed by atoms with E-state index in [9.17, 15) is 4.79 Å². The van der Waals surface area contributed by atoms with E-state index >= 15 is 0 Å². The standard InChI is InChI=1S/C13H23N3O2/c1-10-5-6-12(18-10)9-16(4)11(8-14)7-13(17)15(2)3/h5-6,11H,7-9,14H2,1-4H3. The minimum atomic E-state index is 0.0327. The molecule has 5 nitrogen and oxygen atoms in total. The average molecular weight is 253 g/mol. The molecule has 102 valence electrons. The molecule has 1 aromatic heterocycles. The molecule has 0 spiro atoms. The highest BCUT2D eigenvalue weighted by molar-refractivity contribution is 5.76. The van der Waals surface area contributed by atoms with Gasteiger partial charge in [-0.1, -0.05) is 0 Å². The van der Waals surface area contributed by atoms with Crippen molar-refractivity contribution in [2.75, 3.05) is 27.7 Å². The molecule has 5 heteroatoms. The van der Waals surface area contributed by atoms with Crippen LogP contribution in [0, 0.1) is 6.92 Å². The van der Waals surface area contributed by atoms with Crippen LogP contribution in [0.1, 0.15) is 17.9 Å². The molecule has 0 fully saturated rings. The molecule has 1 amide bonds. The summed E-state index contributed by atoms with van der Waals surface area (Å²) in [6.45, 7) is 3.03. The summed E-state index contributed by atoms with van der Waals surface area (Å²) in [7, 11) is 5.47. The molecule has 1 atom stereocenters. The predicted octanol–water partition coefficient (Wildman–Crippen LogP) is 0.825. The van der Waals surface area contributed by atoms with Crippen LogP contribution in [-0.2, 0) is 11.3 Å². The Bertz CT molecular complexity index is 387. The Morgan fingerprint density at radius 2 is 2.06 bits per heavy atom. The molecule has 1 heterocycles. The summed E-state index contributed by atoms with van der Waals surface area (Å²) in [5.74, 6) is 1.88. The summed E-state index contributed by atoms with van der Waals surface area (Å²) in [5, 5.41) is 0. The maximum atomic E-state index is 11.7. The highest BCUT2D eigenvalue weighted by Crippen LogP contribution is 2.12. The maximum absolute atomic E-state index is 11.7. The number of hydrogen-bond acceptors (Lipinski definition) is 4. The van der Waals surface area contributed by atoms with Crippen LogP contribution in [0.25, 0.3) is 0 Å². The molecule has 0 bridgehead atoms. The van der Waals surface area contributed by atoms with Crippen molar-refractivity contribution in [3.8, 4) is 0 Å². The van der Waals surface area contributed by atoms with Gasteiger partial charge in [0.25, 0.3) is 0 Å². The lowest BCUT2D eigenvalue weighted by molar-refractivity contribution is -0.129. The number of hydrogen-bond donors (Lipinski definition) is 1. The summed E-state index contributed by atoms with van der Waals surface area (Å²) < 4.78 is 5.52. The fourth-order valence-corrected chi connectivity index (χ4v) is 1.75. The zero-order chi connectivity index (χ0) is 13.7. The third kappa shape index (κ3) is 4.16. The number of aryl methyl sites for hydroxylation is 1. The van der Waals surface area contributed by atoms with Gasteiger partial charge >= 0.3 is 0 Å². The Hall–Kier alpha value is -1.33. The number of carbonyl (C=O) groups excluding carboxylic acids is 1. The first kappa shape index (κ1) is 14.7. The van der Waals surface area contributed by atoms with Crippen molar-refractivity contribution in [2.45, 2.75) is 25.9 Å². The van der Waals surface area contributed by atoms with Crippen molar-refractivity contribution in [3.05, 3.63) is 23.7 Å². The van der Waals surface area contributed by atoms with Gasteiger partial charge in [-0.05, 0) is 26.1 Å². The second-order valence-corrected chi connectivity index (χ2v) is 4.81. The van der Waals surface area contributed by atoms with Gasteiger partial charge < -0.3 is 15.1 Å². The molecule has 0 radical (unpaired) electrons. The molecule has 0 aliphatic carbocycles. The second-order valence-electron chi connectivity index (χ2n) is 4.81. The van der Waals surface area contributed by atoms with Crippen molar-refractivity contribution in [1.29, 1.82) is 0 Å². The van der Waals surface area contributed by atoms with Gasteiger partial charge in [0.1, 0.15) is 11.5 Å². The zero-order valence-electron chi connectivity index (χ0n) is 11.6. The van der Waals surface area contributed by atoms with Gasteiger partial charge in [0.2, 0.25) is 5.91 Å². The van der Waals surface area contributed by atoms with Crippen molar-refractivity contribution < 1.29 is 9.21 Å². The van der Waals surface area contributed by atoms with Crippen LogP contribution in [0.2, 0.25) is 0 Å². The van der Waals surface area contributed by atoms with E-state index in [-0.39, 0.29) is 11.9 Å². The topological polar surface area (TPSA) is 62.7 Å². The van der Waals surface area contributed by atoms with Crippen LogP contribution >= 0.6 is 0 Å². The number of nitrogens with two attached hydrogens (primary N) is 1. The van der Waals surface area contributed by atoms with Gasteiger partial charge in [-0.2, -0.15) is 0 Å². The van der Waals surface area contributed by atoms with E-state index in [1.54, 1.807) is 19.0 Å². The quantitative estimate of drug-likeness (QED) is 0.815. The summed E-state index contributed by atoms with van der Waals surface area (Å²) in [6, 6.07) is 3.92. The predicted molar refractivity (Wildman–Crippen MR) is 71.1 cm³/mol. The van der Waals surface area contributed by atoms with Crippen LogP contribution < -0.4 is 5.73 Å². The van der Waals surface area contributed by atoms with Crippen molar-refractivity contribution in [1.82, 2.24) is 9.80 Å². The van der Waals surface area contributed by atoms with E-state index in [1.165, 1.54) is 0 Å². The Kier molecular flexibility index (Phi) is 5.37. The lowest BCUT2D eigenvalue weighted by Gasteiger charge is -2.26. The summed E-state index contributed by atoms with van der Waals surface area (Å²) in [4.78, 5) is 15.3. The maximum Gasteiger partial charge on any atom is 0.223 e. The van der Waals surface area contributed by atoms with E-state index in [0.717, 1.165) is 11.5 Å². The lowest BCUT2D eigenvalue weighted by Crippen LogP contribution is -2.41. The fraction of sp³-hybridized carbons (Fsp3) is 0.615. The molecule has 2 N–H and O–H groups in total. The number of amides is 1. The second kappa shape index (κ2) is 6.56. The monoisotopic (exact) mass is 253 g/mol. The van der Waals surface area contributed by atoms with Crippen LogP contribution in [-0.4, -0.2) is 49.4 Å². The van der Waals surface area contributed by atoms with E-state index in [0.29, 0.717) is 19.5 Å².